The predicted octanol–water partition coefficient (Wildman–Crippen LogP) is 1.85. The Bertz CT molecular complexity index is 483. The number of likely N-dealkylation sites (tertiary alicyclic amines) is 1. The highest BCUT2D eigenvalue weighted by Gasteiger charge is 2.28. The lowest BCUT2D eigenvalue weighted by atomic mass is 10.1. The molecule has 1 fully saturated rings. The van der Waals surface area contributed by atoms with Crippen LogP contribution < -0.4 is 0 Å². The summed E-state index contributed by atoms with van der Waals surface area (Å²) < 4.78 is 0. The van der Waals surface area contributed by atoms with Gasteiger partial charge in [0.2, 0.25) is 5.91 Å². The number of aliphatic hydroxyl groups is 1. The van der Waals surface area contributed by atoms with Crippen LogP contribution in [0.4, 0.5) is 0 Å². The molecule has 0 radical (unpaired) electrons. The first-order chi connectivity index (χ1) is 8.72. The summed E-state index contributed by atoms with van der Waals surface area (Å²) >= 11 is 1.62. The monoisotopic (exact) mass is 263 g/mol. The average Bonchev–Trinajstić information content (AvgIpc) is 2.95. The maximum Gasteiger partial charge on any atom is 0.223 e. The number of hydrogen-bond donors (Lipinski definition) is 1. The maximum absolute atomic E-state index is 11.8. The molecular weight excluding hydrogens is 246 g/mol. The first-order valence-electron chi connectivity index (χ1n) is 6.17. The van der Waals surface area contributed by atoms with Gasteiger partial charge in [-0.05, 0) is 12.0 Å². The second kappa shape index (κ2) is 6.03. The van der Waals surface area contributed by atoms with E-state index in [9.17, 15) is 4.79 Å². The van der Waals surface area contributed by atoms with E-state index in [-0.39, 0.29) is 12.5 Å². The SMILES string of the molecule is CCC1CC(=O)N(Cc2cc(C#CCO)cs2)C1. The van der Waals surface area contributed by atoms with Gasteiger partial charge in [0.15, 0.2) is 0 Å². The largest absolute Gasteiger partial charge is 0.384 e. The van der Waals surface area contributed by atoms with Gasteiger partial charge in [0.25, 0.3) is 0 Å². The van der Waals surface area contributed by atoms with Gasteiger partial charge in [-0.25, -0.2) is 0 Å². The molecule has 1 atom stereocenters. The number of carbonyl (C=O) groups excluding carboxylic acids is 1. The summed E-state index contributed by atoms with van der Waals surface area (Å²) in [6.07, 6.45) is 1.76. The van der Waals surface area contributed by atoms with Crippen molar-refractivity contribution in [3.8, 4) is 11.8 Å². The third-order valence-corrected chi connectivity index (χ3v) is 4.11. The second-order valence-electron chi connectivity index (χ2n) is 4.51. The van der Waals surface area contributed by atoms with Crippen LogP contribution in [0.15, 0.2) is 11.4 Å². The summed E-state index contributed by atoms with van der Waals surface area (Å²) in [5, 5.41) is 10.6. The zero-order valence-corrected chi connectivity index (χ0v) is 11.3. The molecule has 1 unspecified atom stereocenters. The smallest absolute Gasteiger partial charge is 0.223 e. The number of nitrogens with zero attached hydrogens (tertiary/aromatic N) is 1. The maximum atomic E-state index is 11.8. The minimum Gasteiger partial charge on any atom is -0.384 e. The lowest BCUT2D eigenvalue weighted by Crippen LogP contribution is -2.24. The lowest BCUT2D eigenvalue weighted by Gasteiger charge is -2.14. The fourth-order valence-corrected chi connectivity index (χ4v) is 2.97. The van der Waals surface area contributed by atoms with Gasteiger partial charge in [-0.1, -0.05) is 25.2 Å². The zero-order chi connectivity index (χ0) is 13.0. The summed E-state index contributed by atoms with van der Waals surface area (Å²) in [5.74, 6) is 6.29. The van der Waals surface area contributed by atoms with Gasteiger partial charge in [-0.3, -0.25) is 4.79 Å². The third-order valence-electron chi connectivity index (χ3n) is 3.18. The molecule has 0 spiro atoms. The standard InChI is InChI=1S/C14H17NO2S/c1-2-11-7-14(17)15(8-11)9-13-6-12(10-18-13)4-3-5-16/h6,10-11,16H,2,5,7-9H2,1H3. The van der Waals surface area contributed by atoms with E-state index in [0.29, 0.717) is 18.9 Å². The summed E-state index contributed by atoms with van der Waals surface area (Å²) in [6.45, 7) is 3.59. The highest BCUT2D eigenvalue weighted by atomic mass is 32.1. The molecule has 0 saturated carbocycles. The Balaban J connectivity index is 1.97. The highest BCUT2D eigenvalue weighted by molar-refractivity contribution is 7.10. The fraction of sp³-hybridized carbons (Fsp3) is 0.500. The van der Waals surface area contributed by atoms with Crippen LogP contribution in [0, 0.1) is 17.8 Å². The topological polar surface area (TPSA) is 40.5 Å². The van der Waals surface area contributed by atoms with Crippen LogP contribution in [0.3, 0.4) is 0 Å². The quantitative estimate of drug-likeness (QED) is 0.846. The molecule has 96 valence electrons. The first kappa shape index (κ1) is 13.1. The molecule has 1 N–H and O–H groups in total. The molecule has 0 aromatic carbocycles. The first-order valence-corrected chi connectivity index (χ1v) is 7.05. The normalized spacial score (nSPS) is 18.9. The number of amides is 1. The molecule has 1 aliphatic heterocycles. The molecule has 18 heavy (non-hydrogen) atoms. The predicted molar refractivity (Wildman–Crippen MR) is 72.1 cm³/mol. The van der Waals surface area contributed by atoms with Crippen LogP contribution >= 0.6 is 11.3 Å². The lowest BCUT2D eigenvalue weighted by molar-refractivity contribution is -0.128. The molecule has 0 aliphatic carbocycles. The molecule has 1 aromatic rings. The fourth-order valence-electron chi connectivity index (χ4n) is 2.14. The molecule has 1 aromatic heterocycles. The van der Waals surface area contributed by atoms with Gasteiger partial charge in [-0.15, -0.1) is 11.3 Å². The Labute approximate surface area is 111 Å². The summed E-state index contributed by atoms with van der Waals surface area (Å²) in [5.41, 5.74) is 0.919. The van der Waals surface area contributed by atoms with Gasteiger partial charge in [0.05, 0.1) is 6.54 Å². The second-order valence-corrected chi connectivity index (χ2v) is 5.51. The Kier molecular flexibility index (Phi) is 4.40. The van der Waals surface area contributed by atoms with Crippen molar-refractivity contribution < 1.29 is 9.90 Å². The van der Waals surface area contributed by atoms with E-state index in [4.69, 9.17) is 5.11 Å². The van der Waals surface area contributed by atoms with Crippen molar-refractivity contribution in [3.05, 3.63) is 21.9 Å². The summed E-state index contributed by atoms with van der Waals surface area (Å²) in [4.78, 5) is 14.9. The van der Waals surface area contributed by atoms with Crippen LogP contribution in [0.2, 0.25) is 0 Å². The molecule has 4 heteroatoms. The molecule has 1 aliphatic rings. The van der Waals surface area contributed by atoms with Crippen molar-refractivity contribution in [2.75, 3.05) is 13.2 Å². The number of thiophene rings is 1. The third kappa shape index (κ3) is 3.12. The Morgan fingerprint density at radius 3 is 3.11 bits per heavy atom. The average molecular weight is 263 g/mol. The molecule has 1 saturated heterocycles. The van der Waals surface area contributed by atoms with E-state index in [2.05, 4.69) is 18.8 Å². The Morgan fingerprint density at radius 2 is 2.44 bits per heavy atom. The van der Waals surface area contributed by atoms with Crippen molar-refractivity contribution in [1.29, 1.82) is 0 Å². The van der Waals surface area contributed by atoms with Crippen molar-refractivity contribution >= 4 is 17.2 Å². The van der Waals surface area contributed by atoms with Crippen molar-refractivity contribution in [2.24, 2.45) is 5.92 Å². The highest BCUT2D eigenvalue weighted by Crippen LogP contribution is 2.24. The van der Waals surface area contributed by atoms with Crippen LogP contribution in [-0.2, 0) is 11.3 Å². The van der Waals surface area contributed by atoms with Gasteiger partial charge in [0, 0.05) is 28.8 Å². The van der Waals surface area contributed by atoms with Gasteiger partial charge in [0.1, 0.15) is 6.61 Å². The summed E-state index contributed by atoms with van der Waals surface area (Å²) in [7, 11) is 0. The van der Waals surface area contributed by atoms with E-state index in [1.807, 2.05) is 16.3 Å². The van der Waals surface area contributed by atoms with Crippen molar-refractivity contribution in [1.82, 2.24) is 4.90 Å². The van der Waals surface area contributed by atoms with E-state index >= 15 is 0 Å². The van der Waals surface area contributed by atoms with Gasteiger partial charge in [-0.2, -0.15) is 0 Å². The minimum atomic E-state index is -0.117. The van der Waals surface area contributed by atoms with Crippen LogP contribution in [0.1, 0.15) is 30.2 Å². The minimum absolute atomic E-state index is 0.117. The Hall–Kier alpha value is -1.31. The molecule has 2 rings (SSSR count). The van der Waals surface area contributed by atoms with Gasteiger partial charge < -0.3 is 10.0 Å². The van der Waals surface area contributed by atoms with E-state index in [1.165, 1.54) is 0 Å². The number of aliphatic hydroxyl groups excluding tert-OH is 1. The van der Waals surface area contributed by atoms with Gasteiger partial charge >= 0.3 is 0 Å². The van der Waals surface area contributed by atoms with Crippen LogP contribution in [0.25, 0.3) is 0 Å². The number of hydrogen-bond acceptors (Lipinski definition) is 3. The molecule has 1 amide bonds. The zero-order valence-electron chi connectivity index (χ0n) is 10.5. The molecule has 2 heterocycles. The van der Waals surface area contributed by atoms with Crippen molar-refractivity contribution in [3.63, 3.8) is 0 Å². The molecule has 3 nitrogen and oxygen atoms in total. The van der Waals surface area contributed by atoms with Crippen LogP contribution in [0.5, 0.6) is 0 Å². The number of carbonyl (C=O) groups is 1. The van der Waals surface area contributed by atoms with E-state index in [0.717, 1.165) is 23.4 Å². The molecule has 0 bridgehead atoms. The van der Waals surface area contributed by atoms with Crippen molar-refractivity contribution in [2.45, 2.75) is 26.3 Å². The van der Waals surface area contributed by atoms with E-state index < -0.39 is 0 Å². The summed E-state index contributed by atoms with van der Waals surface area (Å²) in [6, 6.07) is 2.00. The van der Waals surface area contributed by atoms with E-state index in [1.54, 1.807) is 11.3 Å². The molecular formula is C14H17NO2S. The number of rotatable bonds is 3. The Morgan fingerprint density at radius 1 is 1.61 bits per heavy atom. The van der Waals surface area contributed by atoms with Crippen LogP contribution in [-0.4, -0.2) is 29.1 Å².